The summed E-state index contributed by atoms with van der Waals surface area (Å²) in [5, 5.41) is 3.96. The normalized spacial score (nSPS) is 11.8. The van der Waals surface area contributed by atoms with E-state index in [4.69, 9.17) is 4.52 Å². The zero-order valence-electron chi connectivity index (χ0n) is 14.1. The van der Waals surface area contributed by atoms with Crippen molar-refractivity contribution < 1.29 is 12.9 Å². The first-order valence-corrected chi connectivity index (χ1v) is 9.43. The van der Waals surface area contributed by atoms with E-state index < -0.39 is 10.0 Å². The Morgan fingerprint density at radius 1 is 1.04 bits per heavy atom. The molecule has 3 aromatic rings. The van der Waals surface area contributed by atoms with Crippen LogP contribution in [0.3, 0.4) is 0 Å². The molecule has 3 rings (SSSR count). The number of rotatable bonds is 6. The molecule has 0 N–H and O–H groups in total. The summed E-state index contributed by atoms with van der Waals surface area (Å²) >= 11 is 0. The Kier molecular flexibility index (Phi) is 4.96. The summed E-state index contributed by atoms with van der Waals surface area (Å²) in [6.07, 6.45) is 0. The molecule has 0 saturated carbocycles. The van der Waals surface area contributed by atoms with E-state index in [1.807, 2.05) is 49.4 Å². The second kappa shape index (κ2) is 7.16. The molecule has 7 heteroatoms. The van der Waals surface area contributed by atoms with E-state index in [1.165, 1.54) is 11.4 Å². The highest BCUT2D eigenvalue weighted by Gasteiger charge is 2.21. The third-order valence-corrected chi connectivity index (χ3v) is 5.66. The third kappa shape index (κ3) is 4.12. The second-order valence-corrected chi connectivity index (χ2v) is 7.90. The van der Waals surface area contributed by atoms with Crippen LogP contribution in [0.1, 0.15) is 17.0 Å². The predicted octanol–water partition coefficient (Wildman–Crippen LogP) is 3.01. The van der Waals surface area contributed by atoms with Gasteiger partial charge in [0.1, 0.15) is 0 Å². The fourth-order valence-corrected chi connectivity index (χ4v) is 3.58. The van der Waals surface area contributed by atoms with Crippen LogP contribution < -0.4 is 0 Å². The lowest BCUT2D eigenvalue weighted by Crippen LogP contribution is -2.27. The zero-order valence-corrected chi connectivity index (χ0v) is 14.9. The van der Waals surface area contributed by atoms with Crippen LogP contribution in [0.4, 0.5) is 0 Å². The van der Waals surface area contributed by atoms with Crippen LogP contribution in [0, 0.1) is 6.92 Å². The van der Waals surface area contributed by atoms with Crippen LogP contribution in [0.25, 0.3) is 11.4 Å². The van der Waals surface area contributed by atoms with Crippen molar-refractivity contribution in [3.05, 3.63) is 71.6 Å². The fourth-order valence-electron chi connectivity index (χ4n) is 2.44. The molecule has 0 atom stereocenters. The monoisotopic (exact) mass is 357 g/mol. The first-order chi connectivity index (χ1) is 12.0. The molecule has 0 aliphatic heterocycles. The number of aromatic nitrogens is 2. The van der Waals surface area contributed by atoms with Crippen LogP contribution in [0.15, 0.2) is 59.1 Å². The van der Waals surface area contributed by atoms with Crippen molar-refractivity contribution in [2.45, 2.75) is 19.2 Å². The largest absolute Gasteiger partial charge is 0.338 e. The average Bonchev–Trinajstić information content (AvgIpc) is 3.04. The summed E-state index contributed by atoms with van der Waals surface area (Å²) in [6.45, 7) is 2.00. The molecule has 1 aromatic heterocycles. The lowest BCUT2D eigenvalue weighted by Gasteiger charge is -2.14. The Morgan fingerprint density at radius 3 is 2.44 bits per heavy atom. The van der Waals surface area contributed by atoms with Gasteiger partial charge in [0.05, 0.1) is 12.3 Å². The van der Waals surface area contributed by atoms with Gasteiger partial charge in [0, 0.05) is 12.6 Å². The maximum atomic E-state index is 12.5. The molecule has 0 fully saturated rings. The maximum Gasteiger partial charge on any atom is 0.242 e. The first kappa shape index (κ1) is 17.3. The summed E-state index contributed by atoms with van der Waals surface area (Å²) in [7, 11) is -1.96. The molecule has 0 bridgehead atoms. The molecule has 0 radical (unpaired) electrons. The average molecular weight is 357 g/mol. The van der Waals surface area contributed by atoms with Crippen molar-refractivity contribution in [2.75, 3.05) is 7.05 Å². The van der Waals surface area contributed by atoms with Crippen molar-refractivity contribution in [3.8, 4) is 11.4 Å². The van der Waals surface area contributed by atoms with E-state index in [0.717, 1.165) is 16.7 Å². The van der Waals surface area contributed by atoms with E-state index in [-0.39, 0.29) is 18.2 Å². The highest BCUT2D eigenvalue weighted by atomic mass is 32.2. The topological polar surface area (TPSA) is 76.3 Å². The van der Waals surface area contributed by atoms with Gasteiger partial charge in [-0.1, -0.05) is 59.8 Å². The molecule has 1 heterocycles. The first-order valence-electron chi connectivity index (χ1n) is 7.82. The van der Waals surface area contributed by atoms with Crippen molar-refractivity contribution in [1.82, 2.24) is 14.4 Å². The lowest BCUT2D eigenvalue weighted by molar-refractivity contribution is 0.336. The van der Waals surface area contributed by atoms with Gasteiger partial charge in [0.15, 0.2) is 0 Å². The summed E-state index contributed by atoms with van der Waals surface area (Å²) in [4.78, 5) is 4.32. The van der Waals surface area contributed by atoms with Gasteiger partial charge in [0.25, 0.3) is 0 Å². The number of aryl methyl sites for hydroxylation is 1. The summed E-state index contributed by atoms with van der Waals surface area (Å²) < 4.78 is 31.4. The zero-order chi connectivity index (χ0) is 17.9. The minimum Gasteiger partial charge on any atom is -0.338 e. The molecular formula is C18H19N3O3S. The second-order valence-electron chi connectivity index (χ2n) is 5.82. The summed E-state index contributed by atoms with van der Waals surface area (Å²) in [5.74, 6) is 0.655. The van der Waals surface area contributed by atoms with Crippen LogP contribution >= 0.6 is 0 Å². The molecular weight excluding hydrogens is 338 g/mol. The smallest absolute Gasteiger partial charge is 0.242 e. The lowest BCUT2D eigenvalue weighted by atomic mass is 10.1. The summed E-state index contributed by atoms with van der Waals surface area (Å²) in [5.41, 5.74) is 2.63. The molecule has 0 unspecified atom stereocenters. The standard InChI is InChI=1S/C18H19N3O3S/c1-14-8-6-7-11-16(14)18-19-17(24-20-18)12-21(2)25(22,23)13-15-9-4-3-5-10-15/h3-11H,12-13H2,1-2H3. The van der Waals surface area contributed by atoms with Gasteiger partial charge >= 0.3 is 0 Å². The van der Waals surface area contributed by atoms with Crippen molar-refractivity contribution in [3.63, 3.8) is 0 Å². The SMILES string of the molecule is Cc1ccccc1-c1noc(CN(C)S(=O)(=O)Cc2ccccc2)n1. The van der Waals surface area contributed by atoms with Gasteiger partial charge in [0.2, 0.25) is 21.7 Å². The van der Waals surface area contributed by atoms with Crippen LogP contribution in [-0.4, -0.2) is 29.9 Å². The van der Waals surface area contributed by atoms with Gasteiger partial charge in [-0.2, -0.15) is 9.29 Å². The molecule has 0 spiro atoms. The quantitative estimate of drug-likeness (QED) is 0.678. The van der Waals surface area contributed by atoms with Crippen molar-refractivity contribution in [2.24, 2.45) is 0 Å². The number of hydrogen-bond acceptors (Lipinski definition) is 5. The van der Waals surface area contributed by atoms with Crippen LogP contribution in [0.5, 0.6) is 0 Å². The van der Waals surface area contributed by atoms with Gasteiger partial charge in [-0.3, -0.25) is 0 Å². The number of nitrogens with zero attached hydrogens (tertiary/aromatic N) is 3. The minimum absolute atomic E-state index is 0.0358. The fraction of sp³-hybridized carbons (Fsp3) is 0.222. The Hall–Kier alpha value is -2.51. The van der Waals surface area contributed by atoms with E-state index in [9.17, 15) is 8.42 Å². The number of sulfonamides is 1. The Balaban J connectivity index is 1.73. The molecule has 0 saturated heterocycles. The van der Waals surface area contributed by atoms with Crippen molar-refractivity contribution >= 4 is 10.0 Å². The predicted molar refractivity (Wildman–Crippen MR) is 95.0 cm³/mol. The van der Waals surface area contributed by atoms with Gasteiger partial charge < -0.3 is 4.52 Å². The van der Waals surface area contributed by atoms with Gasteiger partial charge in [-0.05, 0) is 18.1 Å². The van der Waals surface area contributed by atoms with Crippen LogP contribution in [0.2, 0.25) is 0 Å². The number of benzene rings is 2. The van der Waals surface area contributed by atoms with E-state index in [1.54, 1.807) is 12.1 Å². The molecule has 0 aliphatic rings. The van der Waals surface area contributed by atoms with E-state index in [2.05, 4.69) is 10.1 Å². The maximum absolute atomic E-state index is 12.5. The van der Waals surface area contributed by atoms with Crippen molar-refractivity contribution in [1.29, 1.82) is 0 Å². The van der Waals surface area contributed by atoms with E-state index in [0.29, 0.717) is 5.82 Å². The third-order valence-electron chi connectivity index (χ3n) is 3.88. The Labute approximate surface area is 147 Å². The molecule has 6 nitrogen and oxygen atoms in total. The van der Waals surface area contributed by atoms with Gasteiger partial charge in [-0.15, -0.1) is 0 Å². The van der Waals surface area contributed by atoms with Crippen LogP contribution in [-0.2, 0) is 22.3 Å². The molecule has 130 valence electrons. The minimum atomic E-state index is -3.47. The Morgan fingerprint density at radius 2 is 1.72 bits per heavy atom. The number of hydrogen-bond donors (Lipinski definition) is 0. The molecule has 0 amide bonds. The van der Waals surface area contributed by atoms with Gasteiger partial charge in [-0.25, -0.2) is 8.42 Å². The Bertz CT molecular complexity index is 952. The van der Waals surface area contributed by atoms with E-state index >= 15 is 0 Å². The molecule has 25 heavy (non-hydrogen) atoms. The highest BCUT2D eigenvalue weighted by Crippen LogP contribution is 2.20. The highest BCUT2D eigenvalue weighted by molar-refractivity contribution is 7.88. The molecule has 2 aromatic carbocycles. The molecule has 0 aliphatic carbocycles. The summed E-state index contributed by atoms with van der Waals surface area (Å²) in [6, 6.07) is 16.8.